The van der Waals surface area contributed by atoms with Crippen molar-refractivity contribution in [2.24, 2.45) is 0 Å². The number of pyridine rings is 1. The molecule has 0 unspecified atom stereocenters. The first-order chi connectivity index (χ1) is 12.6. The summed E-state index contributed by atoms with van der Waals surface area (Å²) in [6, 6.07) is 10.3. The molecule has 0 aliphatic heterocycles. The van der Waals surface area contributed by atoms with Crippen molar-refractivity contribution in [3.63, 3.8) is 0 Å². The Labute approximate surface area is 155 Å². The highest BCUT2D eigenvalue weighted by atomic mass is 32.2. The molecule has 26 heavy (non-hydrogen) atoms. The lowest BCUT2D eigenvalue weighted by Crippen LogP contribution is -2.22. The number of sulfonamides is 1. The van der Waals surface area contributed by atoms with Gasteiger partial charge in [0, 0.05) is 6.04 Å². The summed E-state index contributed by atoms with van der Waals surface area (Å²) in [7, 11) is -3.67. The number of nitrogens with one attached hydrogen (secondary N) is 2. The van der Waals surface area contributed by atoms with Gasteiger partial charge in [-0.25, -0.2) is 13.4 Å². The molecule has 1 saturated carbocycles. The molecule has 6 nitrogen and oxygen atoms in total. The molecule has 2 aromatic rings. The maximum atomic E-state index is 12.5. The Morgan fingerprint density at radius 2 is 1.81 bits per heavy atom. The molecule has 2 N–H and O–H groups in total. The number of hydrogen-bond acceptors (Lipinski definition) is 5. The lowest BCUT2D eigenvalue weighted by molar-refractivity contribution is 0.340. The van der Waals surface area contributed by atoms with E-state index in [1.165, 1.54) is 44.2 Å². The van der Waals surface area contributed by atoms with Gasteiger partial charge < -0.3 is 10.1 Å². The molecule has 140 valence electrons. The van der Waals surface area contributed by atoms with Crippen molar-refractivity contribution >= 4 is 21.5 Å². The van der Waals surface area contributed by atoms with Crippen LogP contribution < -0.4 is 14.8 Å². The second-order valence-electron chi connectivity index (χ2n) is 6.42. The van der Waals surface area contributed by atoms with Gasteiger partial charge in [-0.1, -0.05) is 19.3 Å². The van der Waals surface area contributed by atoms with Gasteiger partial charge in [-0.3, -0.25) is 4.72 Å². The molecule has 1 heterocycles. The van der Waals surface area contributed by atoms with Gasteiger partial charge in [0.2, 0.25) is 0 Å². The van der Waals surface area contributed by atoms with Crippen molar-refractivity contribution in [2.45, 2.75) is 50.0 Å². The molecule has 0 amide bonds. The van der Waals surface area contributed by atoms with Gasteiger partial charge in [0.25, 0.3) is 10.0 Å². The molecule has 1 aromatic heterocycles. The summed E-state index contributed by atoms with van der Waals surface area (Å²) >= 11 is 0. The van der Waals surface area contributed by atoms with Crippen molar-refractivity contribution in [1.29, 1.82) is 0 Å². The number of benzene rings is 1. The zero-order valence-corrected chi connectivity index (χ0v) is 15.8. The van der Waals surface area contributed by atoms with E-state index < -0.39 is 10.0 Å². The highest BCUT2D eigenvalue weighted by Crippen LogP contribution is 2.23. The minimum absolute atomic E-state index is 0.173. The smallest absolute Gasteiger partial charge is 0.263 e. The van der Waals surface area contributed by atoms with E-state index in [1.54, 1.807) is 24.4 Å². The Bertz CT molecular complexity index is 799. The number of nitrogens with zero attached hydrogens (tertiary/aromatic N) is 1. The SMILES string of the molecule is CCOc1ccc(S(=O)(=O)Nc2ccc(NC3CCCCC3)cn2)cc1. The highest BCUT2D eigenvalue weighted by Gasteiger charge is 2.16. The van der Waals surface area contributed by atoms with Crippen molar-refractivity contribution in [3.8, 4) is 5.75 Å². The standard InChI is InChI=1S/C19H25N3O3S/c1-2-25-17-9-11-18(12-10-17)26(23,24)22-19-13-8-16(14-20-19)21-15-6-4-3-5-7-15/h8-15,21H,2-7H2,1H3,(H,20,22). The van der Waals surface area contributed by atoms with Crippen LogP contribution in [0.1, 0.15) is 39.0 Å². The Morgan fingerprint density at radius 1 is 1.08 bits per heavy atom. The Hall–Kier alpha value is -2.28. The first-order valence-corrected chi connectivity index (χ1v) is 10.5. The molecule has 1 aliphatic carbocycles. The lowest BCUT2D eigenvalue weighted by atomic mass is 9.95. The minimum Gasteiger partial charge on any atom is -0.494 e. The Balaban J connectivity index is 1.63. The molecule has 1 aliphatic rings. The molecule has 7 heteroatoms. The summed E-state index contributed by atoms with van der Waals surface area (Å²) in [5.41, 5.74) is 0.918. The molecule has 0 atom stereocenters. The second-order valence-corrected chi connectivity index (χ2v) is 8.10. The third kappa shape index (κ3) is 4.88. The van der Waals surface area contributed by atoms with E-state index in [9.17, 15) is 8.42 Å². The van der Waals surface area contributed by atoms with E-state index in [4.69, 9.17) is 4.74 Å². The van der Waals surface area contributed by atoms with E-state index in [2.05, 4.69) is 15.0 Å². The van der Waals surface area contributed by atoms with Crippen LogP contribution in [-0.2, 0) is 10.0 Å². The van der Waals surface area contributed by atoms with Crippen molar-refractivity contribution in [2.75, 3.05) is 16.6 Å². The molecule has 0 saturated heterocycles. The minimum atomic E-state index is -3.67. The van der Waals surface area contributed by atoms with Gasteiger partial charge in [-0.2, -0.15) is 0 Å². The fraction of sp³-hybridized carbons (Fsp3) is 0.421. The van der Waals surface area contributed by atoms with Crippen LogP contribution in [0, 0.1) is 0 Å². The number of anilines is 2. The fourth-order valence-corrected chi connectivity index (χ4v) is 4.11. The van der Waals surface area contributed by atoms with Crippen LogP contribution in [0.15, 0.2) is 47.5 Å². The molecule has 1 aromatic carbocycles. The lowest BCUT2D eigenvalue weighted by Gasteiger charge is -2.23. The van der Waals surface area contributed by atoms with Crippen LogP contribution in [0.4, 0.5) is 11.5 Å². The van der Waals surface area contributed by atoms with Gasteiger partial charge in [-0.15, -0.1) is 0 Å². The molecular weight excluding hydrogens is 350 g/mol. The van der Waals surface area contributed by atoms with Crippen LogP contribution in [0.5, 0.6) is 5.75 Å². The summed E-state index contributed by atoms with van der Waals surface area (Å²) in [4.78, 5) is 4.40. The average molecular weight is 375 g/mol. The maximum Gasteiger partial charge on any atom is 0.263 e. The number of ether oxygens (including phenoxy) is 1. The van der Waals surface area contributed by atoms with Crippen LogP contribution in [0.2, 0.25) is 0 Å². The number of aromatic nitrogens is 1. The van der Waals surface area contributed by atoms with Gasteiger partial charge in [0.1, 0.15) is 11.6 Å². The predicted octanol–water partition coefficient (Wildman–Crippen LogP) is 4.03. The fourth-order valence-electron chi connectivity index (χ4n) is 3.10. The van der Waals surface area contributed by atoms with Crippen molar-refractivity contribution < 1.29 is 13.2 Å². The van der Waals surface area contributed by atoms with Gasteiger partial charge in [0.05, 0.1) is 23.4 Å². The highest BCUT2D eigenvalue weighted by molar-refractivity contribution is 7.92. The Kier molecular flexibility index (Phi) is 5.98. The second kappa shape index (κ2) is 8.40. The average Bonchev–Trinajstić information content (AvgIpc) is 2.65. The monoisotopic (exact) mass is 375 g/mol. The summed E-state index contributed by atoms with van der Waals surface area (Å²) < 4.78 is 32.8. The summed E-state index contributed by atoms with van der Waals surface area (Å²) in [6.07, 6.45) is 7.84. The molecule has 0 spiro atoms. The van der Waals surface area contributed by atoms with E-state index in [-0.39, 0.29) is 4.90 Å². The predicted molar refractivity (Wildman–Crippen MR) is 103 cm³/mol. The van der Waals surface area contributed by atoms with Crippen LogP contribution in [0.25, 0.3) is 0 Å². The maximum absolute atomic E-state index is 12.5. The van der Waals surface area contributed by atoms with E-state index >= 15 is 0 Å². The van der Waals surface area contributed by atoms with Crippen LogP contribution in [-0.4, -0.2) is 26.1 Å². The summed E-state index contributed by atoms with van der Waals surface area (Å²) in [5.74, 6) is 0.941. The van der Waals surface area contributed by atoms with Crippen molar-refractivity contribution in [3.05, 3.63) is 42.6 Å². The van der Waals surface area contributed by atoms with E-state index in [0.29, 0.717) is 24.2 Å². The number of rotatable bonds is 7. The normalized spacial score (nSPS) is 15.4. The van der Waals surface area contributed by atoms with Gasteiger partial charge in [-0.05, 0) is 56.2 Å². The van der Waals surface area contributed by atoms with Crippen molar-refractivity contribution in [1.82, 2.24) is 4.98 Å². The first kappa shape index (κ1) is 18.5. The topological polar surface area (TPSA) is 80.3 Å². The molecule has 0 radical (unpaired) electrons. The Morgan fingerprint density at radius 3 is 2.42 bits per heavy atom. The van der Waals surface area contributed by atoms with E-state index in [0.717, 1.165) is 5.69 Å². The zero-order chi connectivity index (χ0) is 18.4. The van der Waals surface area contributed by atoms with Crippen LogP contribution in [0.3, 0.4) is 0 Å². The molecule has 3 rings (SSSR count). The van der Waals surface area contributed by atoms with Crippen LogP contribution >= 0.6 is 0 Å². The zero-order valence-electron chi connectivity index (χ0n) is 14.9. The summed E-state index contributed by atoms with van der Waals surface area (Å²) in [6.45, 7) is 2.42. The molecular formula is C19H25N3O3S. The quantitative estimate of drug-likeness (QED) is 0.764. The van der Waals surface area contributed by atoms with E-state index in [1.807, 2.05) is 13.0 Å². The van der Waals surface area contributed by atoms with Gasteiger partial charge in [0.15, 0.2) is 0 Å². The van der Waals surface area contributed by atoms with Gasteiger partial charge >= 0.3 is 0 Å². The third-order valence-electron chi connectivity index (χ3n) is 4.42. The third-order valence-corrected chi connectivity index (χ3v) is 5.79. The first-order valence-electron chi connectivity index (χ1n) is 9.05. The molecule has 0 bridgehead atoms. The largest absolute Gasteiger partial charge is 0.494 e. The number of hydrogen-bond donors (Lipinski definition) is 2. The molecule has 1 fully saturated rings. The summed E-state index contributed by atoms with van der Waals surface area (Å²) in [5, 5.41) is 3.47.